The Morgan fingerprint density at radius 3 is 2.54 bits per heavy atom. The fraction of sp³-hybridized carbons (Fsp3) is 0.444. The van der Waals surface area contributed by atoms with Crippen molar-refractivity contribution in [2.24, 2.45) is 0 Å². The quantitative estimate of drug-likeness (QED) is 0.628. The molecule has 0 bridgehead atoms. The third-order valence-corrected chi connectivity index (χ3v) is 4.73. The van der Waals surface area contributed by atoms with Crippen molar-refractivity contribution in [1.82, 2.24) is 14.5 Å². The molecule has 3 N–H and O–H groups in total. The lowest BCUT2D eigenvalue weighted by Gasteiger charge is -2.24. The third-order valence-electron chi connectivity index (χ3n) is 4.21. The minimum Gasteiger partial charge on any atom is -0.383 e. The minimum atomic E-state index is -0.738. The SMILES string of the molecule is CCCCN(C(=O)c1nc(Cl)ccc1Cl)c1c(N)n(CCCC)c(=O)[nH]c1=O. The van der Waals surface area contributed by atoms with Gasteiger partial charge in [-0.1, -0.05) is 49.9 Å². The first-order valence-electron chi connectivity index (χ1n) is 9.08. The second-order valence-corrected chi connectivity index (χ2v) is 7.07. The number of aromatic amines is 1. The van der Waals surface area contributed by atoms with Gasteiger partial charge in [0.1, 0.15) is 16.7 Å². The molecule has 2 aromatic rings. The molecule has 8 nitrogen and oxygen atoms in total. The molecule has 0 fully saturated rings. The van der Waals surface area contributed by atoms with Crippen molar-refractivity contribution in [3.8, 4) is 0 Å². The molecule has 0 atom stereocenters. The number of pyridine rings is 1. The highest BCUT2D eigenvalue weighted by Gasteiger charge is 2.27. The molecule has 1 amide bonds. The number of H-pyrrole nitrogens is 1. The number of amides is 1. The van der Waals surface area contributed by atoms with Crippen molar-refractivity contribution in [3.63, 3.8) is 0 Å². The van der Waals surface area contributed by atoms with Gasteiger partial charge in [-0.05, 0) is 25.0 Å². The average Bonchev–Trinajstić information content (AvgIpc) is 2.65. The monoisotopic (exact) mass is 427 g/mol. The summed E-state index contributed by atoms with van der Waals surface area (Å²) in [4.78, 5) is 45.3. The number of halogens is 2. The fourth-order valence-electron chi connectivity index (χ4n) is 2.70. The van der Waals surface area contributed by atoms with Gasteiger partial charge in [-0.3, -0.25) is 24.0 Å². The predicted octanol–water partition coefficient (Wildman–Crippen LogP) is 3.07. The molecular weight excluding hydrogens is 405 g/mol. The molecule has 10 heteroatoms. The molecule has 2 aromatic heterocycles. The molecule has 0 saturated heterocycles. The van der Waals surface area contributed by atoms with Gasteiger partial charge in [0.05, 0.1) is 5.02 Å². The number of nitrogens with zero attached hydrogens (tertiary/aromatic N) is 3. The number of aromatic nitrogens is 3. The summed E-state index contributed by atoms with van der Waals surface area (Å²) in [5, 5.41) is 0.197. The molecular formula is C18H23Cl2N5O3. The number of nitrogen functional groups attached to an aromatic ring is 1. The summed E-state index contributed by atoms with van der Waals surface area (Å²) in [5.41, 5.74) is 4.63. The van der Waals surface area contributed by atoms with Gasteiger partial charge in [0, 0.05) is 13.1 Å². The lowest BCUT2D eigenvalue weighted by atomic mass is 10.2. The maximum absolute atomic E-state index is 13.2. The van der Waals surface area contributed by atoms with Gasteiger partial charge in [0.15, 0.2) is 5.69 Å². The van der Waals surface area contributed by atoms with Crippen LogP contribution in [0.15, 0.2) is 21.7 Å². The summed E-state index contributed by atoms with van der Waals surface area (Å²) < 4.78 is 1.26. The van der Waals surface area contributed by atoms with E-state index in [9.17, 15) is 14.4 Å². The number of rotatable bonds is 8. The zero-order valence-electron chi connectivity index (χ0n) is 15.8. The van der Waals surface area contributed by atoms with Gasteiger partial charge in [-0.15, -0.1) is 0 Å². The molecule has 0 unspecified atom stereocenters. The van der Waals surface area contributed by atoms with Crippen molar-refractivity contribution in [1.29, 1.82) is 0 Å². The minimum absolute atomic E-state index is 0.0650. The zero-order chi connectivity index (χ0) is 20.8. The van der Waals surface area contributed by atoms with Crippen LogP contribution >= 0.6 is 23.2 Å². The Morgan fingerprint density at radius 2 is 1.89 bits per heavy atom. The van der Waals surface area contributed by atoms with Gasteiger partial charge < -0.3 is 5.73 Å². The maximum Gasteiger partial charge on any atom is 0.330 e. The van der Waals surface area contributed by atoms with Crippen LogP contribution in [0.25, 0.3) is 0 Å². The maximum atomic E-state index is 13.2. The first kappa shape index (κ1) is 22.0. The zero-order valence-corrected chi connectivity index (χ0v) is 17.3. The molecule has 0 spiro atoms. The van der Waals surface area contributed by atoms with Crippen molar-refractivity contribution < 1.29 is 4.79 Å². The molecule has 2 rings (SSSR count). The number of nitrogens with two attached hydrogens (primary N) is 1. The van der Waals surface area contributed by atoms with Crippen molar-refractivity contribution in [2.75, 3.05) is 17.2 Å². The van der Waals surface area contributed by atoms with E-state index in [1.807, 2.05) is 13.8 Å². The molecule has 2 heterocycles. The Kier molecular flexibility index (Phi) is 7.65. The van der Waals surface area contributed by atoms with E-state index in [1.165, 1.54) is 21.6 Å². The molecule has 0 aliphatic rings. The summed E-state index contributed by atoms with van der Waals surface area (Å²) in [6.45, 7) is 4.46. The molecule has 152 valence electrons. The summed E-state index contributed by atoms with van der Waals surface area (Å²) in [5.74, 6) is -0.677. The molecule has 0 aliphatic carbocycles. The van der Waals surface area contributed by atoms with E-state index in [2.05, 4.69) is 9.97 Å². The van der Waals surface area contributed by atoms with Crippen molar-refractivity contribution in [3.05, 3.63) is 48.8 Å². The Morgan fingerprint density at radius 1 is 1.21 bits per heavy atom. The Hall–Kier alpha value is -2.32. The van der Waals surface area contributed by atoms with Crippen LogP contribution in [0.5, 0.6) is 0 Å². The van der Waals surface area contributed by atoms with Crippen molar-refractivity contribution in [2.45, 2.75) is 46.1 Å². The van der Waals surface area contributed by atoms with Gasteiger partial charge >= 0.3 is 5.69 Å². The first-order valence-corrected chi connectivity index (χ1v) is 9.83. The largest absolute Gasteiger partial charge is 0.383 e. The Labute approximate surface area is 172 Å². The van der Waals surface area contributed by atoms with E-state index in [0.717, 1.165) is 12.8 Å². The number of anilines is 2. The van der Waals surface area contributed by atoms with Crippen LogP contribution in [0.3, 0.4) is 0 Å². The summed E-state index contributed by atoms with van der Waals surface area (Å²) in [6.07, 6.45) is 2.91. The van der Waals surface area contributed by atoms with Gasteiger partial charge in [0.25, 0.3) is 11.5 Å². The van der Waals surface area contributed by atoms with Crippen LogP contribution in [-0.2, 0) is 6.54 Å². The van der Waals surface area contributed by atoms with Crippen LogP contribution in [0.4, 0.5) is 11.5 Å². The van der Waals surface area contributed by atoms with Gasteiger partial charge in [-0.25, -0.2) is 9.78 Å². The molecule has 0 radical (unpaired) electrons. The van der Waals surface area contributed by atoms with E-state index in [-0.39, 0.29) is 33.9 Å². The molecule has 0 aliphatic heterocycles. The van der Waals surface area contributed by atoms with E-state index < -0.39 is 17.2 Å². The van der Waals surface area contributed by atoms with Gasteiger partial charge in [0.2, 0.25) is 0 Å². The number of carbonyl (C=O) groups is 1. The standard InChI is InChI=1S/C18H23Cl2N5O3/c1-3-5-9-24(17(27)13-11(19)7-8-12(20)22-13)14-15(21)25(10-6-4-2)18(28)23-16(14)26/h7-8H,3-6,9-10,21H2,1-2H3,(H,23,26,28). The molecule has 0 saturated carbocycles. The van der Waals surface area contributed by atoms with E-state index in [0.29, 0.717) is 19.4 Å². The number of hydrogen-bond donors (Lipinski definition) is 2. The van der Waals surface area contributed by atoms with Crippen LogP contribution < -0.4 is 21.9 Å². The normalized spacial score (nSPS) is 10.9. The highest BCUT2D eigenvalue weighted by atomic mass is 35.5. The Bertz CT molecular complexity index is 971. The fourth-order valence-corrected chi connectivity index (χ4v) is 3.04. The van der Waals surface area contributed by atoms with E-state index >= 15 is 0 Å². The summed E-state index contributed by atoms with van der Waals surface area (Å²) in [6, 6.07) is 2.92. The van der Waals surface area contributed by atoms with Crippen molar-refractivity contribution >= 4 is 40.6 Å². The Balaban J connectivity index is 2.63. The van der Waals surface area contributed by atoms with Crippen LogP contribution in [-0.4, -0.2) is 27.0 Å². The summed E-state index contributed by atoms with van der Waals surface area (Å²) in [7, 11) is 0. The predicted molar refractivity (Wildman–Crippen MR) is 111 cm³/mol. The molecule has 0 aromatic carbocycles. The smallest absolute Gasteiger partial charge is 0.330 e. The second-order valence-electron chi connectivity index (χ2n) is 6.27. The molecule has 28 heavy (non-hydrogen) atoms. The number of nitrogens with one attached hydrogen (secondary N) is 1. The average molecular weight is 428 g/mol. The third kappa shape index (κ3) is 4.74. The number of hydrogen-bond acceptors (Lipinski definition) is 5. The lowest BCUT2D eigenvalue weighted by Crippen LogP contribution is -2.42. The van der Waals surface area contributed by atoms with E-state index in [4.69, 9.17) is 28.9 Å². The lowest BCUT2D eigenvalue weighted by molar-refractivity contribution is 0.0981. The highest BCUT2D eigenvalue weighted by molar-refractivity contribution is 6.35. The first-order chi connectivity index (χ1) is 13.3. The highest BCUT2D eigenvalue weighted by Crippen LogP contribution is 2.24. The number of carbonyl (C=O) groups excluding carboxylic acids is 1. The van der Waals surface area contributed by atoms with E-state index in [1.54, 1.807) is 0 Å². The van der Waals surface area contributed by atoms with Crippen LogP contribution in [0.2, 0.25) is 10.2 Å². The summed E-state index contributed by atoms with van der Waals surface area (Å²) >= 11 is 12.0. The van der Waals surface area contributed by atoms with Crippen LogP contribution in [0, 0.1) is 0 Å². The van der Waals surface area contributed by atoms with Crippen LogP contribution in [0.1, 0.15) is 50.0 Å². The topological polar surface area (TPSA) is 114 Å². The number of unbranched alkanes of at least 4 members (excludes halogenated alkanes) is 2. The second kappa shape index (κ2) is 9.75. The van der Waals surface area contributed by atoms with Gasteiger partial charge in [-0.2, -0.15) is 0 Å².